The third-order valence-electron chi connectivity index (χ3n) is 4.43. The molecule has 1 fully saturated rings. The molecule has 0 aromatic carbocycles. The van der Waals surface area contributed by atoms with Gasteiger partial charge in [0.2, 0.25) is 0 Å². The van der Waals surface area contributed by atoms with Gasteiger partial charge < -0.3 is 10.6 Å². The van der Waals surface area contributed by atoms with Crippen LogP contribution in [0.2, 0.25) is 0 Å². The van der Waals surface area contributed by atoms with Crippen LogP contribution >= 0.6 is 0 Å². The van der Waals surface area contributed by atoms with Crippen molar-refractivity contribution in [2.75, 3.05) is 53.4 Å². The first-order valence-corrected chi connectivity index (χ1v) is 8.12. The highest BCUT2D eigenvalue weighted by Crippen LogP contribution is 2.28. The van der Waals surface area contributed by atoms with Crippen molar-refractivity contribution in [2.24, 2.45) is 11.1 Å². The van der Waals surface area contributed by atoms with Crippen LogP contribution in [0.25, 0.3) is 0 Å². The summed E-state index contributed by atoms with van der Waals surface area (Å²) in [5, 5.41) is 0. The van der Waals surface area contributed by atoms with Crippen molar-refractivity contribution < 1.29 is 0 Å². The molecular formula is C16H36N4. The molecule has 0 spiro atoms. The van der Waals surface area contributed by atoms with E-state index in [0.29, 0.717) is 6.04 Å². The van der Waals surface area contributed by atoms with Crippen molar-refractivity contribution >= 4 is 0 Å². The maximum atomic E-state index is 6.41. The molecule has 4 nitrogen and oxygen atoms in total. The summed E-state index contributed by atoms with van der Waals surface area (Å²) >= 11 is 0. The van der Waals surface area contributed by atoms with Gasteiger partial charge in [0, 0.05) is 51.4 Å². The number of rotatable bonds is 6. The number of nitrogens with two attached hydrogens (primary N) is 1. The Bertz CT molecular complexity index is 264. The molecule has 0 bridgehead atoms. The zero-order chi connectivity index (χ0) is 15.3. The van der Waals surface area contributed by atoms with Gasteiger partial charge in [-0.1, -0.05) is 27.7 Å². The Hall–Kier alpha value is -0.160. The van der Waals surface area contributed by atoms with Gasteiger partial charge in [0.1, 0.15) is 0 Å². The predicted molar refractivity (Wildman–Crippen MR) is 88.1 cm³/mol. The Morgan fingerprint density at radius 1 is 1.10 bits per heavy atom. The van der Waals surface area contributed by atoms with Crippen LogP contribution in [0.15, 0.2) is 0 Å². The number of hydrogen-bond acceptors (Lipinski definition) is 4. The van der Waals surface area contributed by atoms with Crippen LogP contribution in [0.4, 0.5) is 0 Å². The monoisotopic (exact) mass is 284 g/mol. The number of hydrogen-bond donors (Lipinski definition) is 1. The Labute approximate surface area is 126 Å². The van der Waals surface area contributed by atoms with Gasteiger partial charge in [0.25, 0.3) is 0 Å². The van der Waals surface area contributed by atoms with E-state index in [-0.39, 0.29) is 11.5 Å². The molecule has 0 radical (unpaired) electrons. The molecule has 0 saturated carbocycles. The summed E-state index contributed by atoms with van der Waals surface area (Å²) in [5.74, 6) is 0. The van der Waals surface area contributed by atoms with Crippen molar-refractivity contribution in [2.45, 2.75) is 46.2 Å². The minimum atomic E-state index is 0.251. The zero-order valence-electron chi connectivity index (χ0n) is 14.5. The summed E-state index contributed by atoms with van der Waals surface area (Å²) in [6.07, 6.45) is 1.06. The number of likely N-dealkylation sites (N-methyl/N-ethyl adjacent to an activating group) is 1. The topological polar surface area (TPSA) is 35.7 Å². The molecule has 1 heterocycles. The summed E-state index contributed by atoms with van der Waals surface area (Å²) < 4.78 is 0. The molecule has 1 saturated heterocycles. The highest BCUT2D eigenvalue weighted by atomic mass is 15.3. The van der Waals surface area contributed by atoms with E-state index in [1.807, 2.05) is 0 Å². The van der Waals surface area contributed by atoms with Crippen LogP contribution < -0.4 is 5.73 Å². The van der Waals surface area contributed by atoms with Gasteiger partial charge in [0.15, 0.2) is 0 Å². The Morgan fingerprint density at radius 2 is 1.65 bits per heavy atom. The fourth-order valence-corrected chi connectivity index (χ4v) is 3.29. The van der Waals surface area contributed by atoms with Crippen LogP contribution in [0.1, 0.15) is 34.1 Å². The third kappa shape index (κ3) is 5.32. The Balaban J connectivity index is 2.53. The molecule has 0 amide bonds. The minimum absolute atomic E-state index is 0.251. The van der Waals surface area contributed by atoms with Crippen LogP contribution in [0.5, 0.6) is 0 Å². The maximum absolute atomic E-state index is 6.41. The summed E-state index contributed by atoms with van der Waals surface area (Å²) in [6.45, 7) is 16.2. The first-order valence-electron chi connectivity index (χ1n) is 8.12. The number of nitrogens with zero attached hydrogens (tertiary/aromatic N) is 3. The normalized spacial score (nSPS) is 22.2. The second-order valence-corrected chi connectivity index (χ2v) is 7.56. The van der Waals surface area contributed by atoms with Gasteiger partial charge in [-0.3, -0.25) is 9.80 Å². The highest BCUT2D eigenvalue weighted by molar-refractivity contribution is 4.92. The lowest BCUT2D eigenvalue weighted by Crippen LogP contribution is -2.60. The van der Waals surface area contributed by atoms with Gasteiger partial charge in [-0.2, -0.15) is 0 Å². The molecule has 1 aliphatic rings. The summed E-state index contributed by atoms with van der Waals surface area (Å²) in [5.41, 5.74) is 6.66. The van der Waals surface area contributed by atoms with Crippen LogP contribution in [-0.4, -0.2) is 80.1 Å². The van der Waals surface area contributed by atoms with E-state index >= 15 is 0 Å². The maximum Gasteiger partial charge on any atom is 0.0296 e. The van der Waals surface area contributed by atoms with Gasteiger partial charge in [-0.15, -0.1) is 0 Å². The molecule has 0 aliphatic carbocycles. The second kappa shape index (κ2) is 7.74. The van der Waals surface area contributed by atoms with E-state index < -0.39 is 0 Å². The second-order valence-electron chi connectivity index (χ2n) is 7.56. The average Bonchev–Trinajstić information content (AvgIpc) is 2.36. The molecule has 2 atom stereocenters. The third-order valence-corrected chi connectivity index (χ3v) is 4.43. The Morgan fingerprint density at radius 3 is 2.05 bits per heavy atom. The molecule has 4 heteroatoms. The molecule has 1 rings (SSSR count). The van der Waals surface area contributed by atoms with Crippen LogP contribution in [0.3, 0.4) is 0 Å². The van der Waals surface area contributed by atoms with Crippen molar-refractivity contribution in [3.63, 3.8) is 0 Å². The SMILES string of the molecule is CCC(N)C(N1CCN(CCN(C)C)CC1)C(C)(C)C. The van der Waals surface area contributed by atoms with E-state index in [1.165, 1.54) is 19.6 Å². The lowest BCUT2D eigenvalue weighted by atomic mass is 9.80. The van der Waals surface area contributed by atoms with Crippen LogP contribution in [-0.2, 0) is 0 Å². The smallest absolute Gasteiger partial charge is 0.0296 e. The van der Waals surface area contributed by atoms with Gasteiger partial charge in [0.05, 0.1) is 0 Å². The quantitative estimate of drug-likeness (QED) is 0.798. The molecule has 1 aliphatic heterocycles. The van der Waals surface area contributed by atoms with Crippen molar-refractivity contribution in [1.82, 2.24) is 14.7 Å². The molecule has 2 unspecified atom stereocenters. The predicted octanol–water partition coefficient (Wildman–Crippen LogP) is 1.32. The Kier molecular flexibility index (Phi) is 6.92. The van der Waals surface area contributed by atoms with E-state index in [2.05, 4.69) is 56.5 Å². The molecule has 0 aromatic heterocycles. The molecular weight excluding hydrogens is 248 g/mol. The summed E-state index contributed by atoms with van der Waals surface area (Å²) in [6, 6.07) is 0.770. The van der Waals surface area contributed by atoms with Gasteiger partial charge in [-0.25, -0.2) is 0 Å². The van der Waals surface area contributed by atoms with E-state index in [9.17, 15) is 0 Å². The van der Waals surface area contributed by atoms with Crippen LogP contribution in [0, 0.1) is 5.41 Å². The summed E-state index contributed by atoms with van der Waals surface area (Å²) in [4.78, 5) is 7.46. The molecule has 20 heavy (non-hydrogen) atoms. The highest BCUT2D eigenvalue weighted by Gasteiger charge is 2.35. The molecule has 2 N–H and O–H groups in total. The average molecular weight is 284 g/mol. The fraction of sp³-hybridized carbons (Fsp3) is 1.00. The van der Waals surface area contributed by atoms with Crippen molar-refractivity contribution in [3.05, 3.63) is 0 Å². The van der Waals surface area contributed by atoms with Crippen molar-refractivity contribution in [1.29, 1.82) is 0 Å². The van der Waals surface area contributed by atoms with Gasteiger partial charge in [-0.05, 0) is 25.9 Å². The zero-order valence-corrected chi connectivity index (χ0v) is 14.5. The first kappa shape index (κ1) is 17.9. The van der Waals surface area contributed by atoms with Crippen molar-refractivity contribution in [3.8, 4) is 0 Å². The minimum Gasteiger partial charge on any atom is -0.326 e. The molecule has 0 aromatic rings. The molecule has 120 valence electrons. The lowest BCUT2D eigenvalue weighted by molar-refractivity contribution is 0.0296. The van der Waals surface area contributed by atoms with Gasteiger partial charge >= 0.3 is 0 Å². The summed E-state index contributed by atoms with van der Waals surface area (Å²) in [7, 11) is 4.29. The van der Waals surface area contributed by atoms with E-state index in [0.717, 1.165) is 26.1 Å². The standard InChI is InChI=1S/C16H36N4/c1-7-14(17)15(16(2,3)4)20-12-10-19(11-13-20)9-8-18(5)6/h14-15H,7-13,17H2,1-6H3. The first-order chi connectivity index (χ1) is 9.25. The van der Waals surface area contributed by atoms with E-state index in [4.69, 9.17) is 5.73 Å². The number of piperazine rings is 1. The van der Waals surface area contributed by atoms with E-state index in [1.54, 1.807) is 0 Å². The lowest BCUT2D eigenvalue weighted by Gasteiger charge is -2.47. The largest absolute Gasteiger partial charge is 0.326 e. The fourth-order valence-electron chi connectivity index (χ4n) is 3.29.